The summed E-state index contributed by atoms with van der Waals surface area (Å²) in [6.45, 7) is 6.23. The summed E-state index contributed by atoms with van der Waals surface area (Å²) >= 11 is 0. The van der Waals surface area contributed by atoms with E-state index < -0.39 is 0 Å². The van der Waals surface area contributed by atoms with Gasteiger partial charge in [-0.3, -0.25) is 4.68 Å². The second-order valence-electron chi connectivity index (χ2n) is 5.30. The summed E-state index contributed by atoms with van der Waals surface area (Å²) < 4.78 is 7.62. The fraction of sp³-hybridized carbons (Fsp3) is 0.786. The van der Waals surface area contributed by atoms with Crippen LogP contribution in [-0.4, -0.2) is 29.0 Å². The molecule has 2 atom stereocenters. The zero-order valence-corrected chi connectivity index (χ0v) is 11.8. The van der Waals surface area contributed by atoms with Crippen molar-refractivity contribution >= 4 is 0 Å². The standard InChI is InChI=1S/C14H25N3O/c1-11(14-10-17(3)16-12(14)2)15-8-7-13-6-4-5-9-18-13/h10-11,13,15H,4-9H2,1-3H3. The highest BCUT2D eigenvalue weighted by molar-refractivity contribution is 5.19. The van der Waals surface area contributed by atoms with Crippen LogP contribution in [0.3, 0.4) is 0 Å². The number of rotatable bonds is 5. The van der Waals surface area contributed by atoms with E-state index >= 15 is 0 Å². The maximum absolute atomic E-state index is 5.74. The van der Waals surface area contributed by atoms with Gasteiger partial charge in [-0.25, -0.2) is 0 Å². The van der Waals surface area contributed by atoms with Crippen molar-refractivity contribution in [2.45, 2.75) is 51.7 Å². The van der Waals surface area contributed by atoms with E-state index in [9.17, 15) is 0 Å². The van der Waals surface area contributed by atoms with Crippen LogP contribution < -0.4 is 5.32 Å². The summed E-state index contributed by atoms with van der Waals surface area (Å²) in [6.07, 6.45) is 7.46. The molecule has 1 saturated heterocycles. The van der Waals surface area contributed by atoms with Gasteiger partial charge in [-0.2, -0.15) is 5.10 Å². The van der Waals surface area contributed by atoms with Crippen molar-refractivity contribution in [2.75, 3.05) is 13.2 Å². The number of aryl methyl sites for hydroxylation is 2. The summed E-state index contributed by atoms with van der Waals surface area (Å²) in [4.78, 5) is 0. The average Bonchev–Trinajstić information content (AvgIpc) is 2.70. The van der Waals surface area contributed by atoms with E-state index in [1.165, 1.54) is 24.8 Å². The van der Waals surface area contributed by atoms with Crippen LogP contribution in [-0.2, 0) is 11.8 Å². The number of hydrogen-bond acceptors (Lipinski definition) is 3. The van der Waals surface area contributed by atoms with Gasteiger partial charge in [0.15, 0.2) is 0 Å². The van der Waals surface area contributed by atoms with Gasteiger partial charge in [-0.15, -0.1) is 0 Å². The van der Waals surface area contributed by atoms with Crippen LogP contribution in [0.1, 0.15) is 49.9 Å². The third-order valence-corrected chi connectivity index (χ3v) is 3.71. The van der Waals surface area contributed by atoms with Crippen molar-refractivity contribution in [3.63, 3.8) is 0 Å². The lowest BCUT2D eigenvalue weighted by molar-refractivity contribution is 0.0112. The predicted octanol–water partition coefficient (Wildman–Crippen LogP) is 2.34. The summed E-state index contributed by atoms with van der Waals surface area (Å²) in [5.41, 5.74) is 2.41. The van der Waals surface area contributed by atoms with Gasteiger partial charge >= 0.3 is 0 Å². The van der Waals surface area contributed by atoms with Crippen LogP contribution in [0.4, 0.5) is 0 Å². The Morgan fingerprint density at radius 1 is 1.56 bits per heavy atom. The molecular weight excluding hydrogens is 226 g/mol. The number of aromatic nitrogens is 2. The summed E-state index contributed by atoms with van der Waals surface area (Å²) in [5, 5.41) is 7.95. The SMILES string of the molecule is Cc1nn(C)cc1C(C)NCCC1CCCCO1. The van der Waals surface area contributed by atoms with Gasteiger partial charge in [0, 0.05) is 31.5 Å². The Morgan fingerprint density at radius 3 is 3.00 bits per heavy atom. The van der Waals surface area contributed by atoms with E-state index in [1.54, 1.807) is 0 Å². The van der Waals surface area contributed by atoms with Gasteiger partial charge in [0.1, 0.15) is 0 Å². The van der Waals surface area contributed by atoms with E-state index in [-0.39, 0.29) is 0 Å². The van der Waals surface area contributed by atoms with Gasteiger partial charge in [0.05, 0.1) is 11.8 Å². The van der Waals surface area contributed by atoms with E-state index in [0.29, 0.717) is 12.1 Å². The molecule has 2 rings (SSSR count). The molecule has 102 valence electrons. The van der Waals surface area contributed by atoms with Crippen LogP contribution in [0.2, 0.25) is 0 Å². The minimum absolute atomic E-state index is 0.363. The first-order valence-electron chi connectivity index (χ1n) is 7.02. The molecule has 1 fully saturated rings. The van der Waals surface area contributed by atoms with Gasteiger partial charge in [-0.1, -0.05) is 0 Å². The zero-order chi connectivity index (χ0) is 13.0. The molecule has 0 radical (unpaired) electrons. The van der Waals surface area contributed by atoms with Crippen molar-refractivity contribution in [3.8, 4) is 0 Å². The van der Waals surface area contributed by atoms with Crippen molar-refractivity contribution in [1.29, 1.82) is 0 Å². The highest BCUT2D eigenvalue weighted by atomic mass is 16.5. The lowest BCUT2D eigenvalue weighted by atomic mass is 10.1. The number of hydrogen-bond donors (Lipinski definition) is 1. The Morgan fingerprint density at radius 2 is 2.39 bits per heavy atom. The van der Waals surface area contributed by atoms with Crippen molar-refractivity contribution in [3.05, 3.63) is 17.5 Å². The molecule has 4 heteroatoms. The zero-order valence-electron chi connectivity index (χ0n) is 11.8. The second kappa shape index (κ2) is 6.34. The molecule has 0 saturated carbocycles. The van der Waals surface area contributed by atoms with E-state index in [0.717, 1.165) is 25.3 Å². The smallest absolute Gasteiger partial charge is 0.0641 e. The van der Waals surface area contributed by atoms with Crippen LogP contribution in [0.5, 0.6) is 0 Å². The first-order valence-corrected chi connectivity index (χ1v) is 7.02. The minimum Gasteiger partial charge on any atom is -0.378 e. The number of nitrogens with zero attached hydrogens (tertiary/aromatic N) is 2. The highest BCUT2D eigenvalue weighted by Gasteiger charge is 2.15. The lowest BCUT2D eigenvalue weighted by Gasteiger charge is -2.23. The predicted molar refractivity (Wildman–Crippen MR) is 72.6 cm³/mol. The molecule has 2 heterocycles. The minimum atomic E-state index is 0.363. The first-order chi connectivity index (χ1) is 8.66. The van der Waals surface area contributed by atoms with Crippen LogP contribution in [0, 0.1) is 6.92 Å². The van der Waals surface area contributed by atoms with Gasteiger partial charge in [-0.05, 0) is 46.1 Å². The Labute approximate surface area is 110 Å². The molecule has 0 aliphatic carbocycles. The monoisotopic (exact) mass is 251 g/mol. The lowest BCUT2D eigenvalue weighted by Crippen LogP contribution is -2.27. The highest BCUT2D eigenvalue weighted by Crippen LogP contribution is 2.17. The van der Waals surface area contributed by atoms with Crippen LogP contribution in [0.25, 0.3) is 0 Å². The fourth-order valence-electron chi connectivity index (χ4n) is 2.65. The Kier molecular flexibility index (Phi) is 4.78. The summed E-state index contributed by atoms with van der Waals surface area (Å²) in [6, 6.07) is 0.363. The van der Waals surface area contributed by atoms with Crippen LogP contribution >= 0.6 is 0 Å². The molecular formula is C14H25N3O. The van der Waals surface area contributed by atoms with Crippen molar-refractivity contribution in [1.82, 2.24) is 15.1 Å². The molecule has 2 unspecified atom stereocenters. The quantitative estimate of drug-likeness (QED) is 0.873. The van der Waals surface area contributed by atoms with Crippen molar-refractivity contribution in [2.24, 2.45) is 7.05 Å². The maximum Gasteiger partial charge on any atom is 0.0641 e. The van der Waals surface area contributed by atoms with Crippen molar-refractivity contribution < 1.29 is 4.74 Å². The second-order valence-corrected chi connectivity index (χ2v) is 5.30. The largest absolute Gasteiger partial charge is 0.378 e. The molecule has 1 aromatic rings. The summed E-state index contributed by atoms with van der Waals surface area (Å²) in [7, 11) is 1.97. The van der Waals surface area contributed by atoms with Gasteiger partial charge in [0.25, 0.3) is 0 Å². The van der Waals surface area contributed by atoms with E-state index in [2.05, 4.69) is 30.5 Å². The molecule has 1 aromatic heterocycles. The molecule has 0 bridgehead atoms. The summed E-state index contributed by atoms with van der Waals surface area (Å²) in [5.74, 6) is 0. The molecule has 1 aliphatic heterocycles. The molecule has 0 amide bonds. The van der Waals surface area contributed by atoms with E-state index in [4.69, 9.17) is 4.74 Å². The molecule has 18 heavy (non-hydrogen) atoms. The third kappa shape index (κ3) is 3.56. The Hall–Kier alpha value is -0.870. The first kappa shape index (κ1) is 13.6. The number of nitrogens with one attached hydrogen (secondary N) is 1. The Balaban J connectivity index is 1.74. The average molecular weight is 251 g/mol. The van der Waals surface area contributed by atoms with Crippen LogP contribution in [0.15, 0.2) is 6.20 Å². The molecule has 0 spiro atoms. The molecule has 1 N–H and O–H groups in total. The molecule has 4 nitrogen and oxygen atoms in total. The van der Waals surface area contributed by atoms with Gasteiger partial charge < -0.3 is 10.1 Å². The fourth-order valence-corrected chi connectivity index (χ4v) is 2.65. The normalized spacial score (nSPS) is 22.1. The van der Waals surface area contributed by atoms with Gasteiger partial charge in [0.2, 0.25) is 0 Å². The number of ether oxygens (including phenoxy) is 1. The molecule has 1 aliphatic rings. The van der Waals surface area contributed by atoms with E-state index in [1.807, 2.05) is 11.7 Å². The topological polar surface area (TPSA) is 39.1 Å². The maximum atomic E-state index is 5.74. The third-order valence-electron chi connectivity index (χ3n) is 3.71. The molecule has 0 aromatic carbocycles. The Bertz CT molecular complexity index is 369.